The molecule has 0 aliphatic rings. The normalized spacial score (nSPS) is 11.4. The molecule has 0 fully saturated rings. The summed E-state index contributed by atoms with van der Waals surface area (Å²) < 4.78 is 19.6. The lowest BCUT2D eigenvalue weighted by Gasteiger charge is -2.21. The highest BCUT2D eigenvalue weighted by Gasteiger charge is 2.21. The lowest BCUT2D eigenvalue weighted by atomic mass is 10.0. The molecule has 0 atom stereocenters. The Morgan fingerprint density at radius 2 is 0.571 bits per heavy atom. The molecular formula is C64H121NO5. The van der Waals surface area contributed by atoms with Crippen LogP contribution in [0, 0.1) is 0 Å². The number of aliphatic hydroxyl groups excluding tert-OH is 1. The van der Waals surface area contributed by atoms with Crippen molar-refractivity contribution < 1.29 is 24.1 Å². The number of unbranched alkanes of at least 4 members (excludes halogenated alkanes) is 45. The number of hydrogen-bond donors (Lipinski definition) is 1. The van der Waals surface area contributed by atoms with Crippen molar-refractivity contribution in [1.29, 1.82) is 0 Å². The van der Waals surface area contributed by atoms with E-state index in [1.807, 2.05) is 12.1 Å². The topological polar surface area (TPSA) is 68.2 Å². The van der Waals surface area contributed by atoms with Crippen molar-refractivity contribution in [3.05, 3.63) is 17.7 Å². The van der Waals surface area contributed by atoms with Crippen molar-refractivity contribution in [3.63, 3.8) is 0 Å². The summed E-state index contributed by atoms with van der Waals surface area (Å²) in [6, 6.07) is 3.71. The predicted octanol–water partition coefficient (Wildman–Crippen LogP) is 20.7. The maximum Gasteiger partial charge on any atom is 0.253 e. The van der Waals surface area contributed by atoms with E-state index in [2.05, 4.69) is 20.8 Å². The molecule has 1 rings (SSSR count). The van der Waals surface area contributed by atoms with E-state index in [1.54, 1.807) is 11.9 Å². The molecule has 412 valence electrons. The van der Waals surface area contributed by atoms with Crippen LogP contribution in [0.3, 0.4) is 0 Å². The van der Waals surface area contributed by atoms with Crippen LogP contribution in [0.4, 0.5) is 0 Å². The molecule has 6 nitrogen and oxygen atoms in total. The predicted molar refractivity (Wildman–Crippen MR) is 306 cm³/mol. The first-order chi connectivity index (χ1) is 34.6. The van der Waals surface area contributed by atoms with Crippen molar-refractivity contribution in [2.45, 2.75) is 329 Å². The summed E-state index contributed by atoms with van der Waals surface area (Å²) in [7, 11) is 1.74. The fourth-order valence-corrected chi connectivity index (χ4v) is 10.0. The Morgan fingerprint density at radius 3 is 0.800 bits per heavy atom. The smallest absolute Gasteiger partial charge is 0.253 e. The quantitative estimate of drug-likeness (QED) is 0.0659. The van der Waals surface area contributed by atoms with Gasteiger partial charge in [0.2, 0.25) is 5.75 Å². The molecule has 0 aliphatic heterocycles. The second kappa shape index (κ2) is 53.3. The largest absolute Gasteiger partial charge is 0.490 e. The van der Waals surface area contributed by atoms with E-state index in [9.17, 15) is 9.90 Å². The van der Waals surface area contributed by atoms with Gasteiger partial charge >= 0.3 is 0 Å². The van der Waals surface area contributed by atoms with E-state index in [-0.39, 0.29) is 19.1 Å². The Morgan fingerprint density at radius 1 is 0.357 bits per heavy atom. The molecule has 0 heterocycles. The summed E-state index contributed by atoms with van der Waals surface area (Å²) in [6.07, 6.45) is 64.3. The first-order valence-electron chi connectivity index (χ1n) is 31.5. The van der Waals surface area contributed by atoms with E-state index in [0.717, 1.165) is 38.5 Å². The number of ether oxygens (including phenoxy) is 3. The van der Waals surface area contributed by atoms with E-state index >= 15 is 0 Å². The molecule has 70 heavy (non-hydrogen) atoms. The fraction of sp³-hybridized carbons (Fsp3) is 0.891. The van der Waals surface area contributed by atoms with Crippen molar-refractivity contribution >= 4 is 5.91 Å². The molecule has 0 saturated heterocycles. The number of hydrogen-bond acceptors (Lipinski definition) is 5. The number of rotatable bonds is 57. The van der Waals surface area contributed by atoms with Gasteiger partial charge in [-0.25, -0.2) is 0 Å². The summed E-state index contributed by atoms with van der Waals surface area (Å²) in [5.41, 5.74) is 0.523. The Balaban J connectivity index is 2.65. The lowest BCUT2D eigenvalue weighted by Crippen LogP contribution is -2.29. The Bertz CT molecular complexity index is 1160. The van der Waals surface area contributed by atoms with Gasteiger partial charge in [-0.3, -0.25) is 4.79 Å². The minimum atomic E-state index is -0.141. The van der Waals surface area contributed by atoms with Crippen LogP contribution in [0.5, 0.6) is 17.2 Å². The van der Waals surface area contributed by atoms with Gasteiger partial charge in [-0.15, -0.1) is 0 Å². The third kappa shape index (κ3) is 41.5. The molecule has 1 N–H and O–H groups in total. The van der Waals surface area contributed by atoms with Gasteiger partial charge in [0, 0.05) is 19.2 Å². The van der Waals surface area contributed by atoms with E-state index in [0.29, 0.717) is 42.6 Å². The monoisotopic (exact) mass is 984 g/mol. The second-order valence-corrected chi connectivity index (χ2v) is 21.7. The van der Waals surface area contributed by atoms with E-state index in [1.165, 1.54) is 270 Å². The van der Waals surface area contributed by atoms with Gasteiger partial charge in [0.1, 0.15) is 0 Å². The van der Waals surface area contributed by atoms with Gasteiger partial charge in [0.25, 0.3) is 5.91 Å². The highest BCUT2D eigenvalue weighted by atomic mass is 16.5. The van der Waals surface area contributed by atoms with Crippen molar-refractivity contribution in [2.24, 2.45) is 0 Å². The summed E-state index contributed by atoms with van der Waals surface area (Å²) in [6.45, 7) is 8.89. The molecule has 1 aromatic carbocycles. The highest BCUT2D eigenvalue weighted by molar-refractivity contribution is 5.95. The minimum Gasteiger partial charge on any atom is -0.490 e. The Labute approximate surface area is 437 Å². The molecular weight excluding hydrogens is 863 g/mol. The third-order valence-corrected chi connectivity index (χ3v) is 14.8. The van der Waals surface area contributed by atoms with E-state index in [4.69, 9.17) is 14.2 Å². The molecule has 0 bridgehead atoms. The zero-order valence-corrected chi connectivity index (χ0v) is 47.7. The Kier molecular flexibility index (Phi) is 50.3. The van der Waals surface area contributed by atoms with Gasteiger partial charge < -0.3 is 24.2 Å². The van der Waals surface area contributed by atoms with Crippen LogP contribution in [0.1, 0.15) is 339 Å². The molecule has 1 amide bonds. The molecule has 0 saturated carbocycles. The zero-order chi connectivity index (χ0) is 50.5. The standard InChI is InChI=1S/C64H121NO5/c1-5-8-11-14-17-20-23-26-29-32-35-38-41-44-47-50-55-68-61-58-60(64(67)65(4)53-54-66)59-62(69-56-51-48-45-42-39-36-33-30-27-24-21-18-15-12-9-6-2)63(61)70-57-52-49-46-43-40-37-34-31-28-25-22-19-16-13-10-7-3/h58-59,66H,5-57H2,1-4H3. The maximum absolute atomic E-state index is 13.6. The molecule has 0 aromatic heterocycles. The van der Waals surface area contributed by atoms with Gasteiger partial charge in [-0.1, -0.05) is 310 Å². The summed E-state index contributed by atoms with van der Waals surface area (Å²) >= 11 is 0. The average molecular weight is 985 g/mol. The molecule has 0 spiro atoms. The van der Waals surface area contributed by atoms with Gasteiger partial charge in [0.15, 0.2) is 11.5 Å². The first-order valence-corrected chi connectivity index (χ1v) is 31.5. The highest BCUT2D eigenvalue weighted by Crippen LogP contribution is 2.40. The van der Waals surface area contributed by atoms with Crippen LogP contribution >= 0.6 is 0 Å². The number of carbonyl (C=O) groups is 1. The fourth-order valence-electron chi connectivity index (χ4n) is 10.0. The maximum atomic E-state index is 13.6. The number of amides is 1. The van der Waals surface area contributed by atoms with Crippen molar-refractivity contribution in [1.82, 2.24) is 4.90 Å². The van der Waals surface area contributed by atoms with Crippen molar-refractivity contribution in [2.75, 3.05) is 40.0 Å². The van der Waals surface area contributed by atoms with Crippen molar-refractivity contribution in [3.8, 4) is 17.2 Å². The SMILES string of the molecule is CCCCCCCCCCCCCCCCCCOc1cc(C(=O)N(C)CCO)cc(OCCCCCCCCCCCCCCCCCC)c1OCCCCCCCCCCCCCCCCCC. The average Bonchev–Trinajstić information content (AvgIpc) is 3.36. The van der Waals surface area contributed by atoms with Crippen LogP contribution in [0.2, 0.25) is 0 Å². The molecule has 0 radical (unpaired) electrons. The number of aliphatic hydroxyl groups is 1. The van der Waals surface area contributed by atoms with Crippen LogP contribution in [0.25, 0.3) is 0 Å². The second-order valence-electron chi connectivity index (χ2n) is 21.7. The number of benzene rings is 1. The first kappa shape index (κ1) is 66.1. The number of likely N-dealkylation sites (N-methyl/N-ethyl adjacent to an activating group) is 1. The lowest BCUT2D eigenvalue weighted by molar-refractivity contribution is 0.0765. The minimum absolute atomic E-state index is 0.0754. The van der Waals surface area contributed by atoms with Gasteiger partial charge in [0.05, 0.1) is 26.4 Å². The molecule has 0 aliphatic carbocycles. The molecule has 6 heteroatoms. The summed E-state index contributed by atoms with van der Waals surface area (Å²) in [4.78, 5) is 15.2. The van der Waals surface area contributed by atoms with Crippen LogP contribution < -0.4 is 14.2 Å². The van der Waals surface area contributed by atoms with E-state index < -0.39 is 0 Å². The zero-order valence-electron chi connectivity index (χ0n) is 47.7. The summed E-state index contributed by atoms with van der Waals surface area (Å²) in [5, 5.41) is 9.63. The number of nitrogens with zero attached hydrogens (tertiary/aromatic N) is 1. The Hall–Kier alpha value is -1.95. The van der Waals surface area contributed by atoms with Crippen LogP contribution in [-0.2, 0) is 0 Å². The van der Waals surface area contributed by atoms with Gasteiger partial charge in [-0.2, -0.15) is 0 Å². The number of carbonyl (C=O) groups excluding carboxylic acids is 1. The third-order valence-electron chi connectivity index (χ3n) is 14.8. The molecule has 1 aromatic rings. The van der Waals surface area contributed by atoms with Gasteiger partial charge in [-0.05, 0) is 31.4 Å². The molecule has 0 unspecified atom stereocenters. The summed E-state index contributed by atoms with van der Waals surface area (Å²) in [5.74, 6) is 1.73. The van der Waals surface area contributed by atoms with Crippen LogP contribution in [0.15, 0.2) is 12.1 Å². The van der Waals surface area contributed by atoms with Crippen LogP contribution in [-0.4, -0.2) is 55.9 Å².